The van der Waals surface area contributed by atoms with Gasteiger partial charge in [0.1, 0.15) is 11.9 Å². The topological polar surface area (TPSA) is 70.7 Å². The number of carbonyl (C=O) groups is 1. The third kappa shape index (κ3) is 1.65. The van der Waals surface area contributed by atoms with E-state index in [-0.39, 0.29) is 5.76 Å². The van der Waals surface area contributed by atoms with Crippen molar-refractivity contribution in [1.29, 1.82) is 0 Å². The van der Waals surface area contributed by atoms with Crippen molar-refractivity contribution in [2.24, 2.45) is 5.92 Å². The summed E-state index contributed by atoms with van der Waals surface area (Å²) < 4.78 is 4.85. The Morgan fingerprint density at radius 3 is 2.75 bits per heavy atom. The monoisotopic (exact) mass is 170 g/mol. The normalized spacial score (nSPS) is 15.5. The zero-order chi connectivity index (χ0) is 9.14. The van der Waals surface area contributed by atoms with Gasteiger partial charge >= 0.3 is 5.97 Å². The summed E-state index contributed by atoms with van der Waals surface area (Å²) in [5, 5.41) is 17.9. The van der Waals surface area contributed by atoms with Crippen LogP contribution in [0.15, 0.2) is 22.8 Å². The van der Waals surface area contributed by atoms with E-state index in [0.717, 1.165) is 0 Å². The van der Waals surface area contributed by atoms with Crippen LogP contribution >= 0.6 is 0 Å². The van der Waals surface area contributed by atoms with Crippen molar-refractivity contribution in [3.8, 4) is 0 Å². The van der Waals surface area contributed by atoms with Crippen LogP contribution in [-0.2, 0) is 4.79 Å². The van der Waals surface area contributed by atoms with E-state index in [1.807, 2.05) is 0 Å². The van der Waals surface area contributed by atoms with E-state index in [0.29, 0.717) is 0 Å². The minimum Gasteiger partial charge on any atom is -0.481 e. The molecule has 4 nitrogen and oxygen atoms in total. The van der Waals surface area contributed by atoms with Crippen molar-refractivity contribution in [3.05, 3.63) is 24.2 Å². The van der Waals surface area contributed by atoms with Gasteiger partial charge in [-0.3, -0.25) is 4.79 Å². The van der Waals surface area contributed by atoms with Crippen LogP contribution in [-0.4, -0.2) is 16.2 Å². The van der Waals surface area contributed by atoms with Crippen LogP contribution < -0.4 is 0 Å². The Kier molecular flexibility index (Phi) is 2.50. The lowest BCUT2D eigenvalue weighted by Gasteiger charge is -2.11. The van der Waals surface area contributed by atoms with Crippen LogP contribution in [0.2, 0.25) is 0 Å². The number of carboxylic acids is 1. The van der Waals surface area contributed by atoms with Gasteiger partial charge in [0.15, 0.2) is 0 Å². The van der Waals surface area contributed by atoms with Gasteiger partial charge in [-0.15, -0.1) is 0 Å². The molecule has 66 valence electrons. The first kappa shape index (κ1) is 8.80. The maximum Gasteiger partial charge on any atom is 0.309 e. The van der Waals surface area contributed by atoms with Gasteiger partial charge in [0.25, 0.3) is 0 Å². The lowest BCUT2D eigenvalue weighted by atomic mass is 10.0. The molecule has 0 aliphatic heterocycles. The van der Waals surface area contributed by atoms with Crippen molar-refractivity contribution in [2.45, 2.75) is 13.0 Å². The molecule has 1 rings (SSSR count). The number of hydrogen-bond acceptors (Lipinski definition) is 3. The largest absolute Gasteiger partial charge is 0.481 e. The molecule has 2 atom stereocenters. The molecule has 0 saturated carbocycles. The number of aliphatic hydroxyl groups is 1. The Morgan fingerprint density at radius 1 is 1.67 bits per heavy atom. The average molecular weight is 170 g/mol. The third-order valence-electron chi connectivity index (χ3n) is 1.70. The highest BCUT2D eigenvalue weighted by Crippen LogP contribution is 2.21. The van der Waals surface area contributed by atoms with E-state index in [9.17, 15) is 9.90 Å². The fourth-order valence-electron chi connectivity index (χ4n) is 0.841. The summed E-state index contributed by atoms with van der Waals surface area (Å²) in [4.78, 5) is 10.4. The summed E-state index contributed by atoms with van der Waals surface area (Å²) in [5.74, 6) is -1.61. The summed E-state index contributed by atoms with van der Waals surface area (Å²) in [6.45, 7) is 1.43. The Balaban J connectivity index is 2.71. The molecule has 0 saturated heterocycles. The Hall–Kier alpha value is -1.29. The molecule has 12 heavy (non-hydrogen) atoms. The van der Waals surface area contributed by atoms with Crippen molar-refractivity contribution in [2.75, 3.05) is 0 Å². The maximum absolute atomic E-state index is 10.4. The van der Waals surface area contributed by atoms with Crippen molar-refractivity contribution in [3.63, 3.8) is 0 Å². The van der Waals surface area contributed by atoms with Crippen molar-refractivity contribution >= 4 is 5.97 Å². The number of aliphatic carboxylic acids is 1. The van der Waals surface area contributed by atoms with Crippen LogP contribution in [0.3, 0.4) is 0 Å². The zero-order valence-corrected chi connectivity index (χ0v) is 6.60. The minimum atomic E-state index is -1.07. The number of aliphatic hydroxyl groups excluding tert-OH is 1. The molecule has 0 radical (unpaired) electrons. The molecule has 1 aromatic rings. The summed E-state index contributed by atoms with van der Waals surface area (Å²) in [6.07, 6.45) is 0.324. The molecule has 2 N–H and O–H groups in total. The molecule has 0 fully saturated rings. The van der Waals surface area contributed by atoms with Gasteiger partial charge in [-0.05, 0) is 19.1 Å². The van der Waals surface area contributed by atoms with E-state index in [1.54, 1.807) is 12.1 Å². The molecule has 0 aliphatic carbocycles. The van der Waals surface area contributed by atoms with Gasteiger partial charge in [-0.25, -0.2) is 0 Å². The van der Waals surface area contributed by atoms with Gasteiger partial charge < -0.3 is 14.6 Å². The molecule has 1 aromatic heterocycles. The smallest absolute Gasteiger partial charge is 0.309 e. The third-order valence-corrected chi connectivity index (χ3v) is 1.70. The maximum atomic E-state index is 10.4. The zero-order valence-electron chi connectivity index (χ0n) is 6.60. The number of rotatable bonds is 3. The Labute approximate surface area is 69.4 Å². The first-order chi connectivity index (χ1) is 5.63. The Bertz CT molecular complexity index is 252. The number of hydrogen-bond donors (Lipinski definition) is 2. The molecule has 4 heteroatoms. The molecule has 1 heterocycles. The summed E-state index contributed by atoms with van der Waals surface area (Å²) >= 11 is 0. The van der Waals surface area contributed by atoms with Gasteiger partial charge in [-0.2, -0.15) is 0 Å². The predicted octanol–water partition coefficient (Wildman–Crippen LogP) is 1.03. The second-order valence-electron chi connectivity index (χ2n) is 2.59. The van der Waals surface area contributed by atoms with Crippen LogP contribution in [0, 0.1) is 5.92 Å². The van der Waals surface area contributed by atoms with Gasteiger partial charge in [0, 0.05) is 0 Å². The van der Waals surface area contributed by atoms with Crippen LogP contribution in [0.25, 0.3) is 0 Å². The van der Waals surface area contributed by atoms with E-state index < -0.39 is 18.0 Å². The SMILES string of the molecule is CC(C(=O)O)C(O)c1ccco1. The highest BCUT2D eigenvalue weighted by atomic mass is 16.4. The van der Waals surface area contributed by atoms with E-state index >= 15 is 0 Å². The highest BCUT2D eigenvalue weighted by Gasteiger charge is 2.24. The quantitative estimate of drug-likeness (QED) is 0.710. The standard InChI is InChI=1S/C8H10O4/c1-5(8(10)11)7(9)6-3-2-4-12-6/h2-5,7,9H,1H3,(H,10,11). The molecule has 0 amide bonds. The molecule has 0 bridgehead atoms. The molecule has 2 unspecified atom stereocenters. The second-order valence-corrected chi connectivity index (χ2v) is 2.59. The van der Waals surface area contributed by atoms with Gasteiger partial charge in [-0.1, -0.05) is 0 Å². The average Bonchev–Trinajstić information content (AvgIpc) is 2.53. The van der Waals surface area contributed by atoms with Crippen molar-refractivity contribution in [1.82, 2.24) is 0 Å². The molecule has 0 aromatic carbocycles. The fraction of sp³-hybridized carbons (Fsp3) is 0.375. The van der Waals surface area contributed by atoms with Crippen molar-refractivity contribution < 1.29 is 19.4 Å². The first-order valence-corrected chi connectivity index (χ1v) is 3.57. The first-order valence-electron chi connectivity index (χ1n) is 3.57. The highest BCUT2D eigenvalue weighted by molar-refractivity contribution is 5.70. The predicted molar refractivity (Wildman–Crippen MR) is 40.5 cm³/mol. The van der Waals surface area contributed by atoms with E-state index in [1.165, 1.54) is 13.2 Å². The summed E-state index contributed by atoms with van der Waals surface area (Å²) in [5.41, 5.74) is 0. The van der Waals surface area contributed by atoms with Crippen LogP contribution in [0.1, 0.15) is 18.8 Å². The van der Waals surface area contributed by atoms with E-state index in [4.69, 9.17) is 9.52 Å². The summed E-state index contributed by atoms with van der Waals surface area (Å²) in [7, 11) is 0. The second kappa shape index (κ2) is 3.40. The van der Waals surface area contributed by atoms with Crippen LogP contribution in [0.4, 0.5) is 0 Å². The van der Waals surface area contributed by atoms with Gasteiger partial charge in [0.05, 0.1) is 12.2 Å². The van der Waals surface area contributed by atoms with Gasteiger partial charge in [0.2, 0.25) is 0 Å². The molecular formula is C8H10O4. The van der Waals surface area contributed by atoms with Crippen LogP contribution in [0.5, 0.6) is 0 Å². The lowest BCUT2D eigenvalue weighted by molar-refractivity contribution is -0.145. The van der Waals surface area contributed by atoms with E-state index in [2.05, 4.69) is 0 Å². The number of furan rings is 1. The Morgan fingerprint density at radius 2 is 2.33 bits per heavy atom. The minimum absolute atomic E-state index is 0.282. The molecular weight excluding hydrogens is 160 g/mol. The summed E-state index contributed by atoms with van der Waals surface area (Å²) in [6, 6.07) is 3.15. The number of carboxylic acid groups (broad SMARTS) is 1. The fourth-order valence-corrected chi connectivity index (χ4v) is 0.841. The molecule has 0 spiro atoms. The molecule has 0 aliphatic rings. The lowest BCUT2D eigenvalue weighted by Crippen LogP contribution is -2.18.